The van der Waals surface area contributed by atoms with Gasteiger partial charge in [-0.3, -0.25) is 0 Å². The van der Waals surface area contributed by atoms with Crippen LogP contribution in [0.15, 0.2) is 127 Å². The smallest absolute Gasteiger partial charge is 0.0634 e. The average Bonchev–Trinajstić information content (AvgIpc) is 3.63. The van der Waals surface area contributed by atoms with Crippen molar-refractivity contribution in [3.05, 3.63) is 139 Å². The monoisotopic (exact) mass is 541 g/mol. The van der Waals surface area contributed by atoms with Crippen molar-refractivity contribution in [1.29, 1.82) is 0 Å². The summed E-state index contributed by atoms with van der Waals surface area (Å²) in [6, 6.07) is 47.3. The lowest BCUT2D eigenvalue weighted by Crippen LogP contribution is -2.14. The lowest BCUT2D eigenvalue weighted by atomic mass is 9.82. The van der Waals surface area contributed by atoms with Gasteiger partial charge in [-0.15, -0.1) is 11.3 Å². The van der Waals surface area contributed by atoms with Crippen molar-refractivity contribution in [2.24, 2.45) is 0 Å². The minimum absolute atomic E-state index is 0.0298. The van der Waals surface area contributed by atoms with Crippen molar-refractivity contribution in [2.45, 2.75) is 19.3 Å². The van der Waals surface area contributed by atoms with E-state index in [2.05, 4.69) is 146 Å². The van der Waals surface area contributed by atoms with Gasteiger partial charge in [0.05, 0.1) is 11.0 Å². The molecule has 194 valence electrons. The molecule has 0 atom stereocenters. The lowest BCUT2D eigenvalue weighted by molar-refractivity contribution is 0.660. The lowest BCUT2D eigenvalue weighted by Gasteiger charge is -2.21. The molecule has 0 spiro atoms. The first-order valence-corrected chi connectivity index (χ1v) is 15.1. The van der Waals surface area contributed by atoms with Gasteiger partial charge in [-0.25, -0.2) is 0 Å². The number of thiophene rings is 1. The Morgan fingerprint density at radius 2 is 1.24 bits per heavy atom. The van der Waals surface area contributed by atoms with E-state index in [0.717, 1.165) is 0 Å². The predicted molar refractivity (Wildman–Crippen MR) is 177 cm³/mol. The van der Waals surface area contributed by atoms with Crippen LogP contribution in [0.1, 0.15) is 25.0 Å². The Balaban J connectivity index is 1.24. The van der Waals surface area contributed by atoms with Gasteiger partial charge in [0, 0.05) is 42.0 Å². The Kier molecular flexibility index (Phi) is 4.61. The molecule has 1 nitrogen and oxygen atoms in total. The van der Waals surface area contributed by atoms with Crippen molar-refractivity contribution in [3.63, 3.8) is 0 Å². The minimum Gasteiger partial charge on any atom is -0.309 e. The fraction of sp³-hybridized carbons (Fsp3) is 0.0769. The molecule has 2 heterocycles. The van der Waals surface area contributed by atoms with Crippen LogP contribution in [-0.4, -0.2) is 4.57 Å². The molecular formula is C39H27NS. The van der Waals surface area contributed by atoms with E-state index < -0.39 is 0 Å². The number of para-hydroxylation sites is 1. The average molecular weight is 542 g/mol. The maximum Gasteiger partial charge on any atom is 0.0634 e. The van der Waals surface area contributed by atoms with E-state index in [1.54, 1.807) is 0 Å². The van der Waals surface area contributed by atoms with E-state index in [0.29, 0.717) is 0 Å². The summed E-state index contributed by atoms with van der Waals surface area (Å²) in [7, 11) is 0. The number of nitrogens with zero attached hydrogens (tertiary/aromatic N) is 1. The van der Waals surface area contributed by atoms with Crippen LogP contribution in [0.4, 0.5) is 0 Å². The molecule has 0 unspecified atom stereocenters. The van der Waals surface area contributed by atoms with Crippen molar-refractivity contribution in [3.8, 4) is 27.9 Å². The van der Waals surface area contributed by atoms with E-state index in [1.807, 2.05) is 11.3 Å². The molecular weight excluding hydrogens is 515 g/mol. The number of aromatic nitrogens is 1. The summed E-state index contributed by atoms with van der Waals surface area (Å²) in [5.41, 5.74) is 11.8. The molecule has 0 aliphatic heterocycles. The Morgan fingerprint density at radius 1 is 0.537 bits per heavy atom. The number of hydrogen-bond donors (Lipinski definition) is 0. The first-order valence-electron chi connectivity index (χ1n) is 14.3. The first kappa shape index (κ1) is 23.1. The van der Waals surface area contributed by atoms with Crippen molar-refractivity contribution in [2.75, 3.05) is 0 Å². The van der Waals surface area contributed by atoms with Crippen LogP contribution >= 0.6 is 11.3 Å². The SMILES string of the molecule is CC1(C)c2ccccc2-c2cc(-c3ccc(-n4c5ccccc5c5ccc6sc7ccccc7c6c54)cc3)ccc21. The number of fused-ring (bicyclic) bond motifs is 10. The van der Waals surface area contributed by atoms with Crippen LogP contribution in [0.2, 0.25) is 0 Å². The molecule has 0 radical (unpaired) electrons. The van der Waals surface area contributed by atoms with E-state index >= 15 is 0 Å². The van der Waals surface area contributed by atoms with Gasteiger partial charge in [-0.2, -0.15) is 0 Å². The first-order chi connectivity index (χ1) is 20.1. The molecule has 1 aliphatic carbocycles. The number of benzene rings is 6. The summed E-state index contributed by atoms with van der Waals surface area (Å²) in [6.45, 7) is 4.68. The van der Waals surface area contributed by atoms with Crippen LogP contribution < -0.4 is 0 Å². The van der Waals surface area contributed by atoms with Crippen molar-refractivity contribution >= 4 is 53.3 Å². The Hall–Kier alpha value is -4.66. The van der Waals surface area contributed by atoms with E-state index in [-0.39, 0.29) is 5.41 Å². The molecule has 0 saturated heterocycles. The molecule has 0 bridgehead atoms. The van der Waals surface area contributed by atoms with Crippen molar-refractivity contribution < 1.29 is 0 Å². The van der Waals surface area contributed by atoms with Crippen LogP contribution in [0, 0.1) is 0 Å². The third-order valence-corrected chi connectivity index (χ3v) is 10.4. The van der Waals surface area contributed by atoms with Crippen LogP contribution in [0.5, 0.6) is 0 Å². The molecule has 0 amide bonds. The van der Waals surface area contributed by atoms with Crippen LogP contribution in [0.25, 0.3) is 69.9 Å². The third-order valence-electron chi connectivity index (χ3n) is 9.22. The van der Waals surface area contributed by atoms with Crippen molar-refractivity contribution in [1.82, 2.24) is 4.57 Å². The van der Waals surface area contributed by atoms with Gasteiger partial charge in [0.2, 0.25) is 0 Å². The third kappa shape index (κ3) is 3.11. The van der Waals surface area contributed by atoms with Gasteiger partial charge in [0.1, 0.15) is 0 Å². The summed E-state index contributed by atoms with van der Waals surface area (Å²) >= 11 is 1.88. The van der Waals surface area contributed by atoms with Crippen LogP contribution in [0.3, 0.4) is 0 Å². The molecule has 41 heavy (non-hydrogen) atoms. The highest BCUT2D eigenvalue weighted by molar-refractivity contribution is 7.26. The summed E-state index contributed by atoms with van der Waals surface area (Å²) in [4.78, 5) is 0. The normalized spacial score (nSPS) is 13.8. The zero-order valence-corrected chi connectivity index (χ0v) is 23.8. The Morgan fingerprint density at radius 3 is 2.12 bits per heavy atom. The Labute approximate surface area is 242 Å². The number of rotatable bonds is 2. The molecule has 0 fully saturated rings. The largest absolute Gasteiger partial charge is 0.309 e. The minimum atomic E-state index is 0.0298. The highest BCUT2D eigenvalue weighted by Gasteiger charge is 2.35. The fourth-order valence-electron chi connectivity index (χ4n) is 7.24. The topological polar surface area (TPSA) is 4.93 Å². The molecule has 8 aromatic rings. The van der Waals surface area contributed by atoms with Crippen LogP contribution in [-0.2, 0) is 5.41 Å². The molecule has 0 N–H and O–H groups in total. The van der Waals surface area contributed by atoms with Gasteiger partial charge in [0.15, 0.2) is 0 Å². The summed E-state index contributed by atoms with van der Waals surface area (Å²) in [6.07, 6.45) is 0. The van der Waals surface area contributed by atoms with Gasteiger partial charge in [0.25, 0.3) is 0 Å². The van der Waals surface area contributed by atoms with Gasteiger partial charge < -0.3 is 4.57 Å². The highest BCUT2D eigenvalue weighted by Crippen LogP contribution is 2.49. The highest BCUT2D eigenvalue weighted by atomic mass is 32.1. The molecule has 2 aromatic heterocycles. The fourth-order valence-corrected chi connectivity index (χ4v) is 8.34. The molecule has 9 rings (SSSR count). The summed E-state index contributed by atoms with van der Waals surface area (Å²) < 4.78 is 5.14. The maximum absolute atomic E-state index is 2.47. The predicted octanol–water partition coefficient (Wildman–Crippen LogP) is 11.1. The van der Waals surface area contributed by atoms with E-state index in [4.69, 9.17) is 0 Å². The standard InChI is InChI=1S/C39H27NS/c1-39(2)32-12-6-3-9-27(32)31-23-25(17-21-33(31)39)24-15-18-26(19-16-24)40-34-13-7-4-10-28(34)29-20-22-36-37(38(29)40)30-11-5-8-14-35(30)41-36/h3-23H,1-2H3. The molecule has 1 aliphatic rings. The summed E-state index contributed by atoms with van der Waals surface area (Å²) in [5, 5.41) is 5.28. The second-order valence-electron chi connectivity index (χ2n) is 11.8. The van der Waals surface area contributed by atoms with E-state index in [1.165, 1.54) is 81.0 Å². The van der Waals surface area contributed by atoms with Gasteiger partial charge >= 0.3 is 0 Å². The Bertz CT molecular complexity index is 2330. The maximum atomic E-state index is 2.47. The van der Waals surface area contributed by atoms with Gasteiger partial charge in [-0.05, 0) is 69.8 Å². The second-order valence-corrected chi connectivity index (χ2v) is 12.8. The molecule has 0 saturated carbocycles. The number of hydrogen-bond acceptors (Lipinski definition) is 1. The summed E-state index contributed by atoms with van der Waals surface area (Å²) in [5.74, 6) is 0. The second kappa shape index (κ2) is 8.19. The zero-order chi connectivity index (χ0) is 27.3. The zero-order valence-electron chi connectivity index (χ0n) is 23.0. The van der Waals surface area contributed by atoms with E-state index in [9.17, 15) is 0 Å². The van der Waals surface area contributed by atoms with Gasteiger partial charge in [-0.1, -0.05) is 105 Å². The molecule has 2 heteroatoms. The quantitative estimate of drug-likeness (QED) is 0.205. The molecule has 6 aromatic carbocycles.